The Morgan fingerprint density at radius 1 is 1.09 bits per heavy atom. The first-order chi connectivity index (χ1) is 10.2. The van der Waals surface area contributed by atoms with Crippen LogP contribution >= 0.6 is 0 Å². The van der Waals surface area contributed by atoms with Gasteiger partial charge in [0.05, 0.1) is 15.8 Å². The smallest absolute Gasteiger partial charge is 0.180 e. The Balaban J connectivity index is 2.47. The molecule has 0 radical (unpaired) electrons. The molecule has 2 aromatic rings. The maximum atomic E-state index is 12.1. The minimum Gasteiger partial charge on any atom is -0.504 e. The average Bonchev–Trinajstić information content (AvgIpc) is 2.75. The third-order valence-electron chi connectivity index (χ3n) is 3.68. The Morgan fingerprint density at radius 2 is 1.64 bits per heavy atom. The summed E-state index contributed by atoms with van der Waals surface area (Å²) in [5.74, 6) is 0.133. The molecule has 0 aliphatic rings. The fourth-order valence-electron chi connectivity index (χ4n) is 2.28. The molecule has 0 spiro atoms. The zero-order chi connectivity index (χ0) is 16.7. The van der Waals surface area contributed by atoms with Gasteiger partial charge in [0.25, 0.3) is 0 Å². The number of sulfone groups is 1. The van der Waals surface area contributed by atoms with E-state index in [2.05, 4.69) is 5.10 Å². The molecule has 1 aromatic heterocycles. The molecule has 2 rings (SSSR count). The molecule has 0 amide bonds. The molecule has 0 saturated heterocycles. The second-order valence-corrected chi connectivity index (χ2v) is 8.44. The van der Waals surface area contributed by atoms with Crippen LogP contribution in [0.4, 0.5) is 0 Å². The molecule has 5 nitrogen and oxygen atoms in total. The van der Waals surface area contributed by atoms with Crippen molar-refractivity contribution in [3.05, 3.63) is 30.0 Å². The summed E-state index contributed by atoms with van der Waals surface area (Å²) in [4.78, 5) is 0.283. The summed E-state index contributed by atoms with van der Waals surface area (Å²) in [6, 6.07) is 6.63. The minimum atomic E-state index is -3.29. The SMILES string of the molecule is Cc1c(O)c(-c2ccc(S(=O)(=O)C(C)C)cc2)nn1C(C)C. The van der Waals surface area contributed by atoms with Gasteiger partial charge in [-0.1, -0.05) is 12.1 Å². The Bertz CT molecular complexity index is 772. The fraction of sp³-hybridized carbons (Fsp3) is 0.438. The normalized spacial score (nSPS) is 12.3. The van der Waals surface area contributed by atoms with E-state index in [0.29, 0.717) is 17.0 Å². The van der Waals surface area contributed by atoms with Crippen molar-refractivity contribution < 1.29 is 13.5 Å². The monoisotopic (exact) mass is 322 g/mol. The van der Waals surface area contributed by atoms with Crippen LogP contribution in [-0.4, -0.2) is 28.6 Å². The molecule has 0 atom stereocenters. The van der Waals surface area contributed by atoms with Gasteiger partial charge >= 0.3 is 0 Å². The number of hydrogen-bond donors (Lipinski definition) is 1. The van der Waals surface area contributed by atoms with Crippen molar-refractivity contribution in [2.24, 2.45) is 0 Å². The molecule has 6 heteroatoms. The maximum Gasteiger partial charge on any atom is 0.180 e. The molecular formula is C16H22N2O3S. The quantitative estimate of drug-likeness (QED) is 0.937. The molecule has 1 heterocycles. The number of rotatable bonds is 4. The van der Waals surface area contributed by atoms with Crippen LogP contribution in [0, 0.1) is 6.92 Å². The molecule has 0 saturated carbocycles. The molecule has 0 bridgehead atoms. The van der Waals surface area contributed by atoms with Gasteiger partial charge in [0.15, 0.2) is 15.6 Å². The van der Waals surface area contributed by atoms with Gasteiger partial charge < -0.3 is 5.11 Å². The van der Waals surface area contributed by atoms with Crippen molar-refractivity contribution in [3.8, 4) is 17.0 Å². The van der Waals surface area contributed by atoms with Crippen molar-refractivity contribution in [2.75, 3.05) is 0 Å². The van der Waals surface area contributed by atoms with Crippen LogP contribution in [-0.2, 0) is 9.84 Å². The predicted molar refractivity (Wildman–Crippen MR) is 86.8 cm³/mol. The number of aromatic hydroxyl groups is 1. The largest absolute Gasteiger partial charge is 0.504 e. The van der Waals surface area contributed by atoms with Crippen molar-refractivity contribution in [1.29, 1.82) is 0 Å². The molecule has 1 aromatic carbocycles. The highest BCUT2D eigenvalue weighted by molar-refractivity contribution is 7.92. The molecule has 0 fully saturated rings. The molecular weight excluding hydrogens is 300 g/mol. The van der Waals surface area contributed by atoms with Crippen molar-refractivity contribution in [2.45, 2.75) is 50.8 Å². The topological polar surface area (TPSA) is 72.2 Å². The fourth-order valence-corrected chi connectivity index (χ4v) is 3.34. The maximum absolute atomic E-state index is 12.1. The lowest BCUT2D eigenvalue weighted by molar-refractivity contribution is 0.461. The third-order valence-corrected chi connectivity index (χ3v) is 5.85. The van der Waals surface area contributed by atoms with Crippen LogP contribution in [0.3, 0.4) is 0 Å². The Hall–Kier alpha value is -1.82. The molecule has 120 valence electrons. The van der Waals surface area contributed by atoms with Gasteiger partial charge in [-0.25, -0.2) is 8.42 Å². The molecule has 22 heavy (non-hydrogen) atoms. The summed E-state index contributed by atoms with van der Waals surface area (Å²) in [5, 5.41) is 14.2. The second-order valence-electron chi connectivity index (χ2n) is 5.94. The van der Waals surface area contributed by atoms with Crippen LogP contribution in [0.25, 0.3) is 11.3 Å². The third kappa shape index (κ3) is 2.75. The summed E-state index contributed by atoms with van der Waals surface area (Å²) in [6.45, 7) is 9.10. The summed E-state index contributed by atoms with van der Waals surface area (Å²) < 4.78 is 26.0. The van der Waals surface area contributed by atoms with Crippen LogP contribution in [0.1, 0.15) is 39.4 Å². The van der Waals surface area contributed by atoms with E-state index in [4.69, 9.17) is 0 Å². The highest BCUT2D eigenvalue weighted by Crippen LogP contribution is 2.33. The molecule has 0 aliphatic heterocycles. The number of nitrogens with zero attached hydrogens (tertiary/aromatic N) is 2. The number of hydrogen-bond acceptors (Lipinski definition) is 4. The Labute approximate surface area is 131 Å². The summed E-state index contributed by atoms with van der Waals surface area (Å²) in [7, 11) is -3.29. The summed E-state index contributed by atoms with van der Waals surface area (Å²) >= 11 is 0. The first-order valence-electron chi connectivity index (χ1n) is 7.28. The van der Waals surface area contributed by atoms with Crippen LogP contribution in [0.15, 0.2) is 29.2 Å². The van der Waals surface area contributed by atoms with Crippen molar-refractivity contribution in [1.82, 2.24) is 9.78 Å². The van der Waals surface area contributed by atoms with Crippen LogP contribution < -0.4 is 0 Å². The predicted octanol–water partition coefficient (Wildman–Crippen LogP) is 3.33. The molecule has 0 aliphatic carbocycles. The van der Waals surface area contributed by atoms with E-state index in [1.165, 1.54) is 0 Å². The Morgan fingerprint density at radius 3 is 2.05 bits per heavy atom. The van der Waals surface area contributed by atoms with Gasteiger partial charge in [-0.2, -0.15) is 5.10 Å². The zero-order valence-corrected chi connectivity index (χ0v) is 14.3. The molecule has 0 unspecified atom stereocenters. The lowest BCUT2D eigenvalue weighted by Crippen LogP contribution is -2.13. The van der Waals surface area contributed by atoms with E-state index in [1.807, 2.05) is 20.8 Å². The first kappa shape index (κ1) is 16.5. The lowest BCUT2D eigenvalue weighted by Gasteiger charge is -2.08. The summed E-state index contributed by atoms with van der Waals surface area (Å²) in [6.07, 6.45) is 0. The van der Waals surface area contributed by atoms with E-state index in [-0.39, 0.29) is 16.7 Å². The highest BCUT2D eigenvalue weighted by Gasteiger charge is 2.21. The van der Waals surface area contributed by atoms with E-state index < -0.39 is 15.1 Å². The van der Waals surface area contributed by atoms with E-state index in [0.717, 1.165) is 0 Å². The standard InChI is InChI=1S/C16H22N2O3S/c1-10(2)18-12(5)16(19)15(17-18)13-6-8-14(9-7-13)22(20,21)11(3)4/h6-11,19H,1-5H3. The second kappa shape index (κ2) is 5.76. The van der Waals surface area contributed by atoms with Crippen molar-refractivity contribution >= 4 is 9.84 Å². The van der Waals surface area contributed by atoms with Gasteiger partial charge in [0, 0.05) is 11.6 Å². The highest BCUT2D eigenvalue weighted by atomic mass is 32.2. The summed E-state index contributed by atoms with van der Waals surface area (Å²) in [5.41, 5.74) is 1.87. The van der Waals surface area contributed by atoms with Gasteiger partial charge in [0.1, 0.15) is 5.69 Å². The molecule has 1 N–H and O–H groups in total. The van der Waals surface area contributed by atoms with Gasteiger partial charge in [-0.05, 0) is 46.8 Å². The van der Waals surface area contributed by atoms with Crippen LogP contribution in [0.5, 0.6) is 5.75 Å². The minimum absolute atomic E-state index is 0.133. The average molecular weight is 322 g/mol. The lowest BCUT2D eigenvalue weighted by atomic mass is 10.1. The van der Waals surface area contributed by atoms with Crippen molar-refractivity contribution in [3.63, 3.8) is 0 Å². The zero-order valence-electron chi connectivity index (χ0n) is 13.5. The van der Waals surface area contributed by atoms with E-state index >= 15 is 0 Å². The van der Waals surface area contributed by atoms with E-state index in [1.54, 1.807) is 42.8 Å². The number of benzene rings is 1. The van der Waals surface area contributed by atoms with Gasteiger partial charge in [-0.3, -0.25) is 4.68 Å². The van der Waals surface area contributed by atoms with Gasteiger partial charge in [-0.15, -0.1) is 0 Å². The first-order valence-corrected chi connectivity index (χ1v) is 8.83. The van der Waals surface area contributed by atoms with Gasteiger partial charge in [0.2, 0.25) is 0 Å². The number of aromatic nitrogens is 2. The van der Waals surface area contributed by atoms with Crippen LogP contribution in [0.2, 0.25) is 0 Å². The Kier molecular flexibility index (Phi) is 4.33. The van der Waals surface area contributed by atoms with E-state index in [9.17, 15) is 13.5 Å².